The molecule has 3 nitrogen and oxygen atoms in total. The fourth-order valence-electron chi connectivity index (χ4n) is 1.27. The molecule has 0 unspecified atom stereocenters. The van der Waals surface area contributed by atoms with Crippen molar-refractivity contribution in [3.05, 3.63) is 33.2 Å². The molecule has 0 spiro atoms. The van der Waals surface area contributed by atoms with Crippen LogP contribution in [0.1, 0.15) is 10.6 Å². The van der Waals surface area contributed by atoms with Crippen LogP contribution in [0.3, 0.4) is 0 Å². The van der Waals surface area contributed by atoms with Gasteiger partial charge in [0.1, 0.15) is 0 Å². The summed E-state index contributed by atoms with van der Waals surface area (Å²) in [4.78, 5) is 5.47. The minimum Gasteiger partial charge on any atom is -0.390 e. The summed E-state index contributed by atoms with van der Waals surface area (Å²) < 4.78 is 2.71. The quantitative estimate of drug-likeness (QED) is 0.871. The number of thiophene rings is 1. The van der Waals surface area contributed by atoms with E-state index in [1.165, 1.54) is 4.88 Å². The van der Waals surface area contributed by atoms with Gasteiger partial charge in [-0.1, -0.05) is 23.4 Å². The van der Waals surface area contributed by atoms with Crippen LogP contribution in [0.5, 0.6) is 0 Å². The molecule has 16 heavy (non-hydrogen) atoms. The molecule has 0 fully saturated rings. The maximum absolute atomic E-state index is 9.03. The van der Waals surface area contributed by atoms with Crippen LogP contribution in [0.25, 0.3) is 0 Å². The third-order valence-corrected chi connectivity index (χ3v) is 4.68. The zero-order valence-electron chi connectivity index (χ0n) is 8.68. The predicted molar refractivity (Wildman–Crippen MR) is 68.0 cm³/mol. The second kappa shape index (κ2) is 5.23. The molecule has 2 heterocycles. The molecule has 0 saturated carbocycles. The van der Waals surface area contributed by atoms with E-state index in [9.17, 15) is 0 Å². The Bertz CT molecular complexity index is 481. The van der Waals surface area contributed by atoms with Crippen molar-refractivity contribution in [3.8, 4) is 0 Å². The molecular formula is C10H11ClN2OS2. The maximum atomic E-state index is 9.03. The number of aliphatic hydroxyl groups is 1. The van der Waals surface area contributed by atoms with Gasteiger partial charge in [0.15, 0.2) is 5.16 Å². The first-order chi connectivity index (χ1) is 7.70. The van der Waals surface area contributed by atoms with Gasteiger partial charge in [-0.3, -0.25) is 0 Å². The third kappa shape index (κ3) is 2.60. The highest BCUT2D eigenvalue weighted by Crippen LogP contribution is 2.28. The van der Waals surface area contributed by atoms with E-state index in [-0.39, 0.29) is 6.61 Å². The van der Waals surface area contributed by atoms with Gasteiger partial charge in [-0.25, -0.2) is 4.98 Å². The van der Waals surface area contributed by atoms with E-state index in [1.807, 2.05) is 23.7 Å². The highest BCUT2D eigenvalue weighted by atomic mass is 35.5. The Morgan fingerprint density at radius 2 is 2.38 bits per heavy atom. The molecule has 0 aromatic carbocycles. The van der Waals surface area contributed by atoms with E-state index in [0.29, 0.717) is 0 Å². The highest BCUT2D eigenvalue weighted by Gasteiger charge is 2.07. The third-order valence-electron chi connectivity index (χ3n) is 2.18. The Labute approximate surface area is 107 Å². The summed E-state index contributed by atoms with van der Waals surface area (Å²) in [5.41, 5.74) is 0.826. The van der Waals surface area contributed by atoms with Crippen molar-refractivity contribution < 1.29 is 5.11 Å². The molecule has 0 atom stereocenters. The van der Waals surface area contributed by atoms with Crippen LogP contribution in [-0.4, -0.2) is 14.7 Å². The van der Waals surface area contributed by atoms with Crippen molar-refractivity contribution in [2.24, 2.45) is 7.05 Å². The Morgan fingerprint density at radius 3 is 2.94 bits per heavy atom. The van der Waals surface area contributed by atoms with Gasteiger partial charge in [0.05, 0.1) is 22.8 Å². The molecule has 0 amide bonds. The topological polar surface area (TPSA) is 38.0 Å². The number of aromatic nitrogens is 2. The van der Waals surface area contributed by atoms with Crippen molar-refractivity contribution in [1.29, 1.82) is 0 Å². The fraction of sp³-hybridized carbons (Fsp3) is 0.300. The number of thioether (sulfide) groups is 1. The Kier molecular flexibility index (Phi) is 3.91. The Balaban J connectivity index is 2.02. The van der Waals surface area contributed by atoms with Gasteiger partial charge in [-0.05, 0) is 12.1 Å². The van der Waals surface area contributed by atoms with Crippen LogP contribution >= 0.6 is 34.7 Å². The van der Waals surface area contributed by atoms with E-state index in [2.05, 4.69) is 4.98 Å². The predicted octanol–water partition coefficient (Wildman–Crippen LogP) is 2.92. The van der Waals surface area contributed by atoms with Gasteiger partial charge in [0.2, 0.25) is 0 Å². The SMILES string of the molecule is Cn1c(CO)cnc1SCc1ccc(Cl)s1. The summed E-state index contributed by atoms with van der Waals surface area (Å²) in [7, 11) is 1.91. The van der Waals surface area contributed by atoms with Crippen molar-refractivity contribution >= 4 is 34.7 Å². The van der Waals surface area contributed by atoms with Crippen LogP contribution < -0.4 is 0 Å². The number of hydrogen-bond acceptors (Lipinski definition) is 4. The second-order valence-electron chi connectivity index (χ2n) is 3.24. The second-order valence-corrected chi connectivity index (χ2v) is 5.99. The van der Waals surface area contributed by atoms with Crippen molar-refractivity contribution in [3.63, 3.8) is 0 Å². The van der Waals surface area contributed by atoms with E-state index >= 15 is 0 Å². The van der Waals surface area contributed by atoms with Crippen molar-refractivity contribution in [2.45, 2.75) is 17.5 Å². The number of rotatable bonds is 4. The molecule has 2 rings (SSSR count). The van der Waals surface area contributed by atoms with Gasteiger partial charge < -0.3 is 9.67 Å². The minimum absolute atomic E-state index is 0.0227. The summed E-state index contributed by atoms with van der Waals surface area (Å²) in [5, 5.41) is 9.95. The highest BCUT2D eigenvalue weighted by molar-refractivity contribution is 7.98. The number of aliphatic hydroxyl groups excluding tert-OH is 1. The summed E-state index contributed by atoms with van der Waals surface area (Å²) in [5.74, 6) is 0.854. The standard InChI is InChI=1S/C10H11ClN2OS2/c1-13-7(5-14)4-12-10(13)15-6-8-2-3-9(11)16-8/h2-4,14H,5-6H2,1H3. The number of imidazole rings is 1. The van der Waals surface area contributed by atoms with Gasteiger partial charge in [-0.15, -0.1) is 11.3 Å². The molecule has 6 heteroatoms. The van der Waals surface area contributed by atoms with Crippen LogP contribution in [0.15, 0.2) is 23.5 Å². The first-order valence-corrected chi connectivity index (χ1v) is 6.87. The smallest absolute Gasteiger partial charge is 0.168 e. The first kappa shape index (κ1) is 12.0. The number of hydrogen-bond donors (Lipinski definition) is 1. The molecule has 0 aliphatic carbocycles. The fourth-order valence-corrected chi connectivity index (χ4v) is 3.37. The molecule has 2 aromatic heterocycles. The first-order valence-electron chi connectivity index (χ1n) is 4.69. The lowest BCUT2D eigenvalue weighted by molar-refractivity contribution is 0.271. The van der Waals surface area contributed by atoms with E-state index < -0.39 is 0 Å². The van der Waals surface area contributed by atoms with Crippen molar-refractivity contribution in [2.75, 3.05) is 0 Å². The average molecular weight is 275 g/mol. The molecule has 0 radical (unpaired) electrons. The van der Waals surface area contributed by atoms with E-state index in [4.69, 9.17) is 16.7 Å². The summed E-state index contributed by atoms with van der Waals surface area (Å²) in [6.07, 6.45) is 1.70. The molecule has 0 saturated heterocycles. The minimum atomic E-state index is 0.0227. The molecular weight excluding hydrogens is 264 g/mol. The normalized spacial score (nSPS) is 10.9. The lowest BCUT2D eigenvalue weighted by Gasteiger charge is -2.02. The van der Waals surface area contributed by atoms with Gasteiger partial charge in [0, 0.05) is 17.7 Å². The molecule has 86 valence electrons. The molecule has 0 aliphatic heterocycles. The zero-order valence-corrected chi connectivity index (χ0v) is 11.1. The Hall–Kier alpha value is -0.490. The van der Waals surface area contributed by atoms with Crippen molar-refractivity contribution in [1.82, 2.24) is 9.55 Å². The number of nitrogens with zero attached hydrogens (tertiary/aromatic N) is 2. The maximum Gasteiger partial charge on any atom is 0.168 e. The molecule has 2 aromatic rings. The van der Waals surface area contributed by atoms with Crippen LogP contribution in [0, 0.1) is 0 Å². The summed E-state index contributed by atoms with van der Waals surface area (Å²) in [6, 6.07) is 3.93. The lowest BCUT2D eigenvalue weighted by Crippen LogP contribution is -1.97. The van der Waals surface area contributed by atoms with Crippen LogP contribution in [0.4, 0.5) is 0 Å². The van der Waals surface area contributed by atoms with E-state index in [0.717, 1.165) is 20.9 Å². The lowest BCUT2D eigenvalue weighted by atomic mass is 10.5. The molecule has 1 N–H and O–H groups in total. The summed E-state index contributed by atoms with van der Waals surface area (Å²) in [6.45, 7) is 0.0227. The average Bonchev–Trinajstić information content (AvgIpc) is 2.83. The molecule has 0 bridgehead atoms. The number of halogens is 1. The van der Waals surface area contributed by atoms with Crippen LogP contribution in [-0.2, 0) is 19.4 Å². The monoisotopic (exact) mass is 274 g/mol. The Morgan fingerprint density at radius 1 is 1.56 bits per heavy atom. The van der Waals surface area contributed by atoms with E-state index in [1.54, 1.807) is 29.3 Å². The van der Waals surface area contributed by atoms with Gasteiger partial charge in [-0.2, -0.15) is 0 Å². The van der Waals surface area contributed by atoms with Gasteiger partial charge in [0.25, 0.3) is 0 Å². The zero-order chi connectivity index (χ0) is 11.5. The largest absolute Gasteiger partial charge is 0.390 e. The summed E-state index contributed by atoms with van der Waals surface area (Å²) >= 11 is 9.08. The van der Waals surface area contributed by atoms with Crippen LogP contribution in [0.2, 0.25) is 4.34 Å². The van der Waals surface area contributed by atoms with Gasteiger partial charge >= 0.3 is 0 Å². The molecule has 0 aliphatic rings.